The summed E-state index contributed by atoms with van der Waals surface area (Å²) in [7, 11) is 2.91. The molecule has 0 spiro atoms. The van der Waals surface area contributed by atoms with E-state index in [1.165, 1.54) is 25.3 Å². The Kier molecular flexibility index (Phi) is 5.70. The molecule has 10 nitrogen and oxygen atoms in total. The Morgan fingerprint density at radius 1 is 1.09 bits per heavy atom. The zero-order valence-electron chi connectivity index (χ0n) is 17.5. The number of nitrogens with zero attached hydrogens (tertiary/aromatic N) is 4. The molecule has 1 saturated heterocycles. The molecule has 2 aromatic rings. The van der Waals surface area contributed by atoms with E-state index in [1.807, 2.05) is 19.1 Å². The number of benzene rings is 2. The van der Waals surface area contributed by atoms with Gasteiger partial charge in [0.1, 0.15) is 18.0 Å². The Balaban J connectivity index is 1.49. The van der Waals surface area contributed by atoms with Gasteiger partial charge in [0.2, 0.25) is 5.91 Å². The molecule has 4 rings (SSSR count). The number of fused-ring (bicyclic) bond motifs is 1. The highest BCUT2D eigenvalue weighted by Gasteiger charge is 2.55. The van der Waals surface area contributed by atoms with Gasteiger partial charge in [0, 0.05) is 6.07 Å². The summed E-state index contributed by atoms with van der Waals surface area (Å²) < 4.78 is 10.4. The van der Waals surface area contributed by atoms with Crippen LogP contribution in [0.1, 0.15) is 5.56 Å². The monoisotopic (exact) mass is 457 g/mol. The standard InChI is InChI=1S/C21H20ClN5O5/c1-11-4-6-12(7-5-11)27-20(29)18-19(21(27)30)26(25-24-18)10-17(28)23-14-8-13(22)15(31-2)9-16(14)32-3/h4-9,18-19H,10H2,1-3H3,(H,23,28)/t18-,19-/m1/s1. The number of imide groups is 1. The van der Waals surface area contributed by atoms with E-state index in [2.05, 4.69) is 15.7 Å². The Bertz CT molecular complexity index is 1120. The minimum atomic E-state index is -0.985. The molecule has 2 heterocycles. The lowest BCUT2D eigenvalue weighted by Gasteiger charge is -2.20. The fourth-order valence-corrected chi connectivity index (χ4v) is 3.84. The van der Waals surface area contributed by atoms with Gasteiger partial charge in [-0.3, -0.25) is 19.4 Å². The van der Waals surface area contributed by atoms with Gasteiger partial charge in [0.25, 0.3) is 11.8 Å². The number of carbonyl (C=O) groups excluding carboxylic acids is 3. The fraction of sp³-hybridized carbons (Fsp3) is 0.286. The molecule has 32 heavy (non-hydrogen) atoms. The average molecular weight is 458 g/mol. The highest BCUT2D eigenvalue weighted by atomic mass is 35.5. The minimum Gasteiger partial charge on any atom is -0.495 e. The second-order valence-electron chi connectivity index (χ2n) is 7.27. The number of halogens is 1. The van der Waals surface area contributed by atoms with E-state index < -0.39 is 29.8 Å². The van der Waals surface area contributed by atoms with Crippen LogP contribution in [0, 0.1) is 6.92 Å². The molecule has 0 saturated carbocycles. The van der Waals surface area contributed by atoms with Crippen molar-refractivity contribution < 1.29 is 23.9 Å². The van der Waals surface area contributed by atoms with Crippen LogP contribution in [0.25, 0.3) is 0 Å². The van der Waals surface area contributed by atoms with Gasteiger partial charge < -0.3 is 14.8 Å². The summed E-state index contributed by atoms with van der Waals surface area (Å²) >= 11 is 6.14. The molecule has 0 aromatic heterocycles. The lowest BCUT2D eigenvalue weighted by atomic mass is 10.1. The molecular weight excluding hydrogens is 438 g/mol. The van der Waals surface area contributed by atoms with E-state index in [0.29, 0.717) is 22.9 Å². The van der Waals surface area contributed by atoms with Crippen LogP contribution in [-0.4, -0.2) is 55.6 Å². The smallest absolute Gasteiger partial charge is 0.263 e. The van der Waals surface area contributed by atoms with Crippen LogP contribution in [0.4, 0.5) is 11.4 Å². The topological polar surface area (TPSA) is 113 Å². The maximum atomic E-state index is 13.0. The van der Waals surface area contributed by atoms with Crippen molar-refractivity contribution in [2.45, 2.75) is 19.0 Å². The van der Waals surface area contributed by atoms with Crippen molar-refractivity contribution in [3.63, 3.8) is 0 Å². The summed E-state index contributed by atoms with van der Waals surface area (Å²) in [5, 5.41) is 12.0. The molecule has 1 N–H and O–H groups in total. The number of carbonyl (C=O) groups is 3. The summed E-state index contributed by atoms with van der Waals surface area (Å²) in [6, 6.07) is 8.09. The number of anilines is 2. The van der Waals surface area contributed by atoms with E-state index >= 15 is 0 Å². The molecule has 2 aromatic carbocycles. The van der Waals surface area contributed by atoms with Gasteiger partial charge in [-0.15, -0.1) is 0 Å². The number of ether oxygens (including phenoxy) is 2. The summed E-state index contributed by atoms with van der Waals surface area (Å²) in [5.41, 5.74) is 1.78. The number of aryl methyl sites for hydroxylation is 1. The van der Waals surface area contributed by atoms with Crippen LogP contribution in [0.5, 0.6) is 11.5 Å². The highest BCUT2D eigenvalue weighted by molar-refractivity contribution is 6.32. The number of amides is 3. The molecule has 2 aliphatic rings. The van der Waals surface area contributed by atoms with Crippen molar-refractivity contribution >= 4 is 40.7 Å². The van der Waals surface area contributed by atoms with E-state index in [-0.39, 0.29) is 11.6 Å². The molecule has 0 bridgehead atoms. The minimum absolute atomic E-state index is 0.287. The second kappa shape index (κ2) is 8.46. The van der Waals surface area contributed by atoms with Crippen LogP contribution < -0.4 is 19.7 Å². The third-order valence-electron chi connectivity index (χ3n) is 5.20. The van der Waals surface area contributed by atoms with Crippen molar-refractivity contribution in [3.8, 4) is 11.5 Å². The summed E-state index contributed by atoms with van der Waals surface area (Å²) in [4.78, 5) is 39.5. The Hall–Kier alpha value is -3.66. The SMILES string of the molecule is COc1cc(OC)c(NC(=O)CN2N=N[C@H]3C(=O)N(c4ccc(C)cc4)C(=O)[C@@H]32)cc1Cl. The number of methoxy groups -OCH3 is 2. The molecule has 0 radical (unpaired) electrons. The second-order valence-corrected chi connectivity index (χ2v) is 7.68. The molecular formula is C21H20ClN5O5. The van der Waals surface area contributed by atoms with Gasteiger partial charge in [-0.1, -0.05) is 34.5 Å². The predicted molar refractivity (Wildman–Crippen MR) is 116 cm³/mol. The molecule has 2 atom stereocenters. The largest absolute Gasteiger partial charge is 0.495 e. The first-order chi connectivity index (χ1) is 15.3. The Labute approximate surface area is 188 Å². The zero-order chi connectivity index (χ0) is 23.0. The van der Waals surface area contributed by atoms with E-state index in [4.69, 9.17) is 21.1 Å². The first-order valence-electron chi connectivity index (χ1n) is 9.67. The van der Waals surface area contributed by atoms with Crippen molar-refractivity contribution in [1.82, 2.24) is 5.01 Å². The van der Waals surface area contributed by atoms with Crippen LogP contribution in [0.2, 0.25) is 5.02 Å². The molecule has 0 aliphatic carbocycles. The molecule has 166 valence electrons. The fourth-order valence-electron chi connectivity index (χ4n) is 3.60. The van der Waals surface area contributed by atoms with Crippen LogP contribution in [0.3, 0.4) is 0 Å². The van der Waals surface area contributed by atoms with Crippen molar-refractivity contribution in [2.24, 2.45) is 10.3 Å². The molecule has 1 fully saturated rings. The molecule has 2 aliphatic heterocycles. The maximum absolute atomic E-state index is 13.0. The first-order valence-corrected chi connectivity index (χ1v) is 10.0. The number of hydrogen-bond acceptors (Lipinski definition) is 8. The van der Waals surface area contributed by atoms with E-state index in [1.54, 1.807) is 18.2 Å². The maximum Gasteiger partial charge on any atom is 0.263 e. The van der Waals surface area contributed by atoms with E-state index in [0.717, 1.165) is 10.5 Å². The molecule has 3 amide bonds. The summed E-state index contributed by atoms with van der Waals surface area (Å²) in [6.45, 7) is 1.61. The van der Waals surface area contributed by atoms with Crippen LogP contribution in [0.15, 0.2) is 46.7 Å². The van der Waals surface area contributed by atoms with Gasteiger partial charge >= 0.3 is 0 Å². The lowest BCUT2D eigenvalue weighted by Crippen LogP contribution is -2.43. The Morgan fingerprint density at radius 3 is 2.44 bits per heavy atom. The van der Waals surface area contributed by atoms with Gasteiger partial charge in [0.05, 0.1) is 30.6 Å². The normalized spacial score (nSPS) is 19.4. The first kappa shape index (κ1) is 21.6. The summed E-state index contributed by atoms with van der Waals surface area (Å²) in [5.74, 6) is -0.703. The van der Waals surface area contributed by atoms with Gasteiger partial charge in [-0.25, -0.2) is 4.90 Å². The van der Waals surface area contributed by atoms with Crippen molar-refractivity contribution in [2.75, 3.05) is 31.0 Å². The molecule has 11 heteroatoms. The predicted octanol–water partition coefficient (Wildman–Crippen LogP) is 2.60. The third-order valence-corrected chi connectivity index (χ3v) is 5.50. The zero-order valence-corrected chi connectivity index (χ0v) is 18.3. The number of rotatable bonds is 6. The summed E-state index contributed by atoms with van der Waals surface area (Å²) in [6.07, 6.45) is 0. The third kappa shape index (κ3) is 3.73. The van der Waals surface area contributed by atoms with E-state index in [9.17, 15) is 14.4 Å². The van der Waals surface area contributed by atoms with Gasteiger partial charge in [0.15, 0.2) is 12.1 Å². The molecule has 0 unspecified atom stereocenters. The lowest BCUT2D eigenvalue weighted by molar-refractivity contribution is -0.123. The highest BCUT2D eigenvalue weighted by Crippen LogP contribution is 2.36. The Morgan fingerprint density at radius 2 is 1.78 bits per heavy atom. The number of nitrogens with one attached hydrogen (secondary N) is 1. The van der Waals surface area contributed by atoms with Crippen molar-refractivity contribution in [3.05, 3.63) is 47.0 Å². The number of hydrogen-bond donors (Lipinski definition) is 1. The average Bonchev–Trinajstić information content (AvgIpc) is 3.28. The van der Waals surface area contributed by atoms with Crippen LogP contribution >= 0.6 is 11.6 Å². The quantitative estimate of drug-likeness (QED) is 0.667. The van der Waals surface area contributed by atoms with Crippen LogP contribution in [-0.2, 0) is 14.4 Å². The van der Waals surface area contributed by atoms with Crippen molar-refractivity contribution in [1.29, 1.82) is 0 Å². The van der Waals surface area contributed by atoms with Gasteiger partial charge in [-0.2, -0.15) is 5.11 Å². The van der Waals surface area contributed by atoms with Gasteiger partial charge in [-0.05, 0) is 25.1 Å².